The molecule has 6 nitrogen and oxygen atoms in total. The van der Waals surface area contributed by atoms with Gasteiger partial charge in [0.05, 0.1) is 6.54 Å². The molecule has 0 saturated carbocycles. The average molecular weight is 341 g/mol. The molecule has 0 aliphatic carbocycles. The minimum Gasteiger partial charge on any atom is -0.366 e. The van der Waals surface area contributed by atoms with Gasteiger partial charge >= 0.3 is 6.30 Å². The molecule has 2 N–H and O–H groups in total. The van der Waals surface area contributed by atoms with Gasteiger partial charge in [0.2, 0.25) is 11.9 Å². The van der Waals surface area contributed by atoms with Crippen molar-refractivity contribution in [2.75, 3.05) is 24.5 Å². The maximum atomic E-state index is 12.1. The number of hydrogen-bond donors (Lipinski definition) is 1. The Morgan fingerprint density at radius 1 is 1.17 bits per heavy atom. The van der Waals surface area contributed by atoms with Gasteiger partial charge in [-0.05, 0) is 25.0 Å². The minimum atomic E-state index is -4.47. The molecular weight excluding hydrogens is 323 g/mol. The van der Waals surface area contributed by atoms with Gasteiger partial charge in [0, 0.05) is 37.3 Å². The van der Waals surface area contributed by atoms with Crippen LogP contribution in [0.1, 0.15) is 12.8 Å². The molecule has 2 aliphatic heterocycles. The summed E-state index contributed by atoms with van der Waals surface area (Å²) < 4.78 is 36.2. The Hall–Kier alpha value is -2.58. The summed E-state index contributed by atoms with van der Waals surface area (Å²) in [5.74, 6) is 0.0450. The highest BCUT2D eigenvalue weighted by atomic mass is 19.4. The molecule has 0 bridgehead atoms. The lowest BCUT2D eigenvalue weighted by molar-refractivity contribution is -0.225. The molecule has 3 heterocycles. The molecule has 3 rings (SSSR count). The van der Waals surface area contributed by atoms with Crippen LogP contribution in [0.25, 0.3) is 0 Å². The number of hydrogen-bond acceptors (Lipinski definition) is 5. The number of nitrogens with zero attached hydrogens (tertiary/aromatic N) is 4. The Balaban J connectivity index is 0.000000175. The first-order valence-electron chi connectivity index (χ1n) is 7.40. The maximum Gasteiger partial charge on any atom is 0.484 e. The van der Waals surface area contributed by atoms with E-state index in [9.17, 15) is 18.0 Å². The van der Waals surface area contributed by atoms with Crippen LogP contribution in [0, 0.1) is 0 Å². The zero-order chi connectivity index (χ0) is 17.6. The molecule has 1 aromatic heterocycles. The zero-order valence-corrected chi connectivity index (χ0v) is 12.9. The highest BCUT2D eigenvalue weighted by Gasteiger charge is 2.36. The third-order valence-corrected chi connectivity index (χ3v) is 3.49. The molecule has 0 radical (unpaired) electrons. The van der Waals surface area contributed by atoms with Crippen LogP contribution in [0.15, 0.2) is 42.4 Å². The monoisotopic (exact) mass is 341 g/mol. The van der Waals surface area contributed by atoms with Gasteiger partial charge in [-0.3, -0.25) is 9.69 Å². The number of carbonyl (C=O) groups excluding carboxylic acids is 1. The Morgan fingerprint density at radius 2 is 1.79 bits per heavy atom. The summed E-state index contributed by atoms with van der Waals surface area (Å²) in [6, 6.07) is 1.85. The lowest BCUT2D eigenvalue weighted by Crippen LogP contribution is -2.38. The smallest absolute Gasteiger partial charge is 0.366 e. The maximum absolute atomic E-state index is 12.1. The van der Waals surface area contributed by atoms with E-state index in [1.807, 2.05) is 6.07 Å². The van der Waals surface area contributed by atoms with Crippen molar-refractivity contribution >= 4 is 11.9 Å². The average Bonchev–Trinajstić information content (AvgIpc) is 3.10. The predicted octanol–water partition coefficient (Wildman–Crippen LogP) is 1.82. The van der Waals surface area contributed by atoms with E-state index in [2.05, 4.69) is 14.9 Å². The fraction of sp³-hybridized carbons (Fsp3) is 0.400. The summed E-state index contributed by atoms with van der Waals surface area (Å²) >= 11 is 0. The number of aromatic nitrogens is 2. The molecule has 0 aromatic carbocycles. The van der Waals surface area contributed by atoms with E-state index in [-0.39, 0.29) is 10.5 Å². The van der Waals surface area contributed by atoms with Crippen molar-refractivity contribution in [1.29, 1.82) is 0 Å². The lowest BCUT2D eigenvalue weighted by Gasteiger charge is -2.25. The number of primary amides is 1. The summed E-state index contributed by atoms with van der Waals surface area (Å²) in [7, 11) is 0. The molecule has 1 fully saturated rings. The molecule has 1 aromatic rings. The van der Waals surface area contributed by atoms with E-state index in [4.69, 9.17) is 5.73 Å². The van der Waals surface area contributed by atoms with Crippen LogP contribution in [0.2, 0.25) is 0 Å². The van der Waals surface area contributed by atoms with Gasteiger partial charge in [-0.2, -0.15) is 13.2 Å². The van der Waals surface area contributed by atoms with E-state index in [0.29, 0.717) is 0 Å². The fourth-order valence-electron chi connectivity index (χ4n) is 2.26. The van der Waals surface area contributed by atoms with E-state index in [1.54, 1.807) is 12.4 Å². The number of amides is 1. The number of anilines is 1. The normalized spacial score (nSPS) is 17.2. The summed E-state index contributed by atoms with van der Waals surface area (Å²) in [4.78, 5) is 21.2. The van der Waals surface area contributed by atoms with Gasteiger partial charge in [0.15, 0.2) is 0 Å². The second-order valence-electron chi connectivity index (χ2n) is 5.24. The summed E-state index contributed by atoms with van der Waals surface area (Å²) in [5.41, 5.74) is 4.78. The van der Waals surface area contributed by atoms with E-state index >= 15 is 0 Å². The molecule has 0 spiro atoms. The second-order valence-corrected chi connectivity index (χ2v) is 5.24. The molecule has 24 heavy (non-hydrogen) atoms. The van der Waals surface area contributed by atoms with Gasteiger partial charge < -0.3 is 10.6 Å². The minimum absolute atomic E-state index is 0.0557. The molecule has 1 amide bonds. The van der Waals surface area contributed by atoms with Crippen LogP contribution in [-0.4, -0.2) is 46.7 Å². The van der Waals surface area contributed by atoms with Crippen molar-refractivity contribution in [3.63, 3.8) is 0 Å². The first-order valence-corrected chi connectivity index (χ1v) is 7.40. The van der Waals surface area contributed by atoms with Gasteiger partial charge in [-0.1, -0.05) is 6.08 Å². The van der Waals surface area contributed by atoms with Crippen LogP contribution < -0.4 is 10.6 Å². The van der Waals surface area contributed by atoms with Gasteiger partial charge in [0.1, 0.15) is 0 Å². The van der Waals surface area contributed by atoms with Crippen molar-refractivity contribution in [2.45, 2.75) is 19.1 Å². The first kappa shape index (κ1) is 17.8. The van der Waals surface area contributed by atoms with Crippen LogP contribution in [0.3, 0.4) is 0 Å². The highest BCUT2D eigenvalue weighted by Crippen LogP contribution is 2.24. The van der Waals surface area contributed by atoms with Crippen LogP contribution in [0.5, 0.6) is 0 Å². The van der Waals surface area contributed by atoms with Crippen LogP contribution in [-0.2, 0) is 4.79 Å². The molecular formula is C15H18F3N5O. The quantitative estimate of drug-likeness (QED) is 0.831. The number of allylic oxidation sites excluding steroid dienone is 2. The predicted molar refractivity (Wildman–Crippen MR) is 82.7 cm³/mol. The van der Waals surface area contributed by atoms with Gasteiger partial charge in [-0.25, -0.2) is 9.97 Å². The number of halogens is 3. The van der Waals surface area contributed by atoms with E-state index in [1.165, 1.54) is 18.9 Å². The Kier molecular flexibility index (Phi) is 5.78. The van der Waals surface area contributed by atoms with Crippen molar-refractivity contribution in [3.05, 3.63) is 42.4 Å². The molecule has 1 saturated heterocycles. The Bertz CT molecular complexity index is 609. The third kappa shape index (κ3) is 4.97. The molecule has 0 unspecified atom stereocenters. The number of carbonyl (C=O) groups is 1. The summed E-state index contributed by atoms with van der Waals surface area (Å²) in [6.45, 7) is 1.71. The highest BCUT2D eigenvalue weighted by molar-refractivity contribution is 5.92. The summed E-state index contributed by atoms with van der Waals surface area (Å²) in [5, 5.41) is 0. The van der Waals surface area contributed by atoms with Gasteiger partial charge in [-0.15, -0.1) is 0 Å². The van der Waals surface area contributed by atoms with E-state index < -0.39 is 18.8 Å². The zero-order valence-electron chi connectivity index (χ0n) is 12.9. The first-order chi connectivity index (χ1) is 11.4. The number of nitrogens with two attached hydrogens (primary N) is 1. The largest absolute Gasteiger partial charge is 0.484 e. The standard InChI is InChI=1S/C8H11N3.C7H7F3N2O/c1-2-7-11(6-1)8-9-4-3-5-10-8;8-7(9,10)12-3-1-2-5(4-12)6(11)13/h3-5H,1-2,6-7H2;1-3H,4H2,(H2,11,13). The SMILES string of the molecule is NC(=O)C1=CC=CN(C(F)(F)F)C1.c1cnc(N2CCCC2)nc1. The van der Waals surface area contributed by atoms with Crippen LogP contribution >= 0.6 is 0 Å². The van der Waals surface area contributed by atoms with E-state index in [0.717, 1.165) is 31.3 Å². The van der Waals surface area contributed by atoms with Crippen LogP contribution in [0.4, 0.5) is 19.1 Å². The van der Waals surface area contributed by atoms with Crippen molar-refractivity contribution < 1.29 is 18.0 Å². The molecule has 2 aliphatic rings. The van der Waals surface area contributed by atoms with Crippen molar-refractivity contribution in [2.24, 2.45) is 5.73 Å². The topological polar surface area (TPSA) is 75.4 Å². The second kappa shape index (κ2) is 7.80. The third-order valence-electron chi connectivity index (χ3n) is 3.49. The molecule has 9 heteroatoms. The van der Waals surface area contributed by atoms with Crippen molar-refractivity contribution in [3.8, 4) is 0 Å². The fourth-order valence-corrected chi connectivity index (χ4v) is 2.26. The molecule has 130 valence electrons. The Morgan fingerprint density at radius 3 is 2.33 bits per heavy atom. The summed E-state index contributed by atoms with van der Waals surface area (Å²) in [6.07, 6.45) is 4.93. The molecule has 0 atom stereocenters. The number of rotatable bonds is 2. The number of alkyl halides is 3. The Labute approximate surface area is 137 Å². The van der Waals surface area contributed by atoms with Crippen molar-refractivity contribution in [1.82, 2.24) is 14.9 Å². The van der Waals surface area contributed by atoms with Gasteiger partial charge in [0.25, 0.3) is 0 Å². The lowest BCUT2D eigenvalue weighted by atomic mass is 10.2.